The summed E-state index contributed by atoms with van der Waals surface area (Å²) in [7, 11) is 1.08. The van der Waals surface area contributed by atoms with Gasteiger partial charge in [-0.1, -0.05) is 0 Å². The lowest BCUT2D eigenvalue weighted by Crippen LogP contribution is -2.53. The van der Waals surface area contributed by atoms with Gasteiger partial charge in [-0.2, -0.15) is 4.90 Å². The smallest absolute Gasteiger partial charge is 0.420 e. The summed E-state index contributed by atoms with van der Waals surface area (Å²) in [6, 6.07) is -1.61. The number of esters is 2. The van der Waals surface area contributed by atoms with Crippen LogP contribution in [0.25, 0.3) is 0 Å². The van der Waals surface area contributed by atoms with Crippen LogP contribution in [0.15, 0.2) is 0 Å². The Morgan fingerprint density at radius 2 is 1.07 bits per heavy atom. The molecule has 0 heterocycles. The Kier molecular flexibility index (Phi) is 8.48. The normalized spacial score (nSPS) is 13.2. The van der Waals surface area contributed by atoms with Crippen molar-refractivity contribution in [1.29, 1.82) is 0 Å². The van der Waals surface area contributed by atoms with E-state index in [4.69, 9.17) is 14.2 Å². The van der Waals surface area contributed by atoms with Gasteiger partial charge >= 0.3 is 24.1 Å². The van der Waals surface area contributed by atoms with Crippen LogP contribution in [-0.2, 0) is 28.5 Å². The Balaban J connectivity index is 5.94. The molecular weight excluding hydrogens is 370 g/mol. The third kappa shape index (κ3) is 10.1. The molecule has 162 valence electrons. The third-order valence-corrected chi connectivity index (χ3v) is 2.75. The van der Waals surface area contributed by atoms with E-state index in [0.717, 1.165) is 7.11 Å². The minimum absolute atomic E-state index is 0.451. The van der Waals surface area contributed by atoms with Gasteiger partial charge in [-0.05, 0) is 62.3 Å². The standard InChI is InChI=1S/C19H33NO8/c1-17(2,3)26-13(21)11-12(14(22)25-10)20(15(23)27-18(4,5)6)16(24)28-19(7,8)9/h12H,11H2,1-10H3/t12-/m0/s1. The van der Waals surface area contributed by atoms with Crippen molar-refractivity contribution in [2.45, 2.75) is 91.6 Å². The van der Waals surface area contributed by atoms with E-state index in [1.165, 1.54) is 0 Å². The zero-order chi connectivity index (χ0) is 22.5. The van der Waals surface area contributed by atoms with Crippen LogP contribution in [0.1, 0.15) is 68.7 Å². The van der Waals surface area contributed by atoms with Crippen LogP contribution >= 0.6 is 0 Å². The molecule has 0 aromatic carbocycles. The largest absolute Gasteiger partial charge is 0.467 e. The van der Waals surface area contributed by atoms with Crippen LogP contribution in [0.2, 0.25) is 0 Å². The number of ether oxygens (including phenoxy) is 4. The zero-order valence-corrected chi connectivity index (χ0v) is 18.5. The highest BCUT2D eigenvalue weighted by Crippen LogP contribution is 2.20. The Bertz CT molecular complexity index is 565. The van der Waals surface area contributed by atoms with Gasteiger partial charge in [0.1, 0.15) is 16.8 Å². The van der Waals surface area contributed by atoms with Crippen molar-refractivity contribution in [3.63, 3.8) is 0 Å². The molecule has 0 rings (SSSR count). The number of hydrogen-bond acceptors (Lipinski definition) is 8. The van der Waals surface area contributed by atoms with Gasteiger partial charge in [0.15, 0.2) is 6.04 Å². The summed E-state index contributed by atoms with van der Waals surface area (Å²) in [6.07, 6.45) is -2.89. The lowest BCUT2D eigenvalue weighted by molar-refractivity contribution is -0.161. The van der Waals surface area contributed by atoms with Gasteiger partial charge in [-0.15, -0.1) is 0 Å². The Morgan fingerprint density at radius 3 is 1.36 bits per heavy atom. The molecule has 0 aromatic heterocycles. The van der Waals surface area contributed by atoms with Gasteiger partial charge in [0, 0.05) is 0 Å². The molecule has 9 heteroatoms. The van der Waals surface area contributed by atoms with E-state index in [0.29, 0.717) is 4.90 Å². The van der Waals surface area contributed by atoms with E-state index in [1.54, 1.807) is 62.3 Å². The lowest BCUT2D eigenvalue weighted by atomic mass is 10.1. The molecule has 1 atom stereocenters. The first-order chi connectivity index (χ1) is 12.4. The number of nitrogens with zero attached hydrogens (tertiary/aromatic N) is 1. The van der Waals surface area contributed by atoms with E-state index in [2.05, 4.69) is 4.74 Å². The predicted molar refractivity (Wildman–Crippen MR) is 101 cm³/mol. The molecule has 0 saturated carbocycles. The molecule has 0 aromatic rings. The van der Waals surface area contributed by atoms with Crippen LogP contribution in [0.5, 0.6) is 0 Å². The van der Waals surface area contributed by atoms with Crippen molar-refractivity contribution in [2.75, 3.05) is 7.11 Å². The van der Waals surface area contributed by atoms with Gasteiger partial charge in [-0.3, -0.25) is 4.79 Å². The lowest BCUT2D eigenvalue weighted by Gasteiger charge is -2.32. The molecular formula is C19H33NO8. The fourth-order valence-corrected chi connectivity index (χ4v) is 1.91. The molecule has 2 amide bonds. The maximum atomic E-state index is 12.7. The fraction of sp³-hybridized carbons (Fsp3) is 0.789. The van der Waals surface area contributed by atoms with Gasteiger partial charge < -0.3 is 18.9 Å². The number of rotatable bonds is 4. The summed E-state index contributed by atoms with van der Waals surface area (Å²) >= 11 is 0. The summed E-state index contributed by atoms with van der Waals surface area (Å²) in [4.78, 5) is 50.3. The highest BCUT2D eigenvalue weighted by Gasteiger charge is 2.42. The van der Waals surface area contributed by atoms with Crippen molar-refractivity contribution in [2.24, 2.45) is 0 Å². The molecule has 0 fully saturated rings. The minimum atomic E-state index is -1.61. The summed E-state index contributed by atoms with van der Waals surface area (Å²) in [6.45, 7) is 14.5. The van der Waals surface area contributed by atoms with Crippen molar-refractivity contribution >= 4 is 24.1 Å². The van der Waals surface area contributed by atoms with Crippen LogP contribution in [0.3, 0.4) is 0 Å². The maximum absolute atomic E-state index is 12.7. The monoisotopic (exact) mass is 403 g/mol. The maximum Gasteiger partial charge on any atom is 0.420 e. The first kappa shape index (κ1) is 25.7. The van der Waals surface area contributed by atoms with E-state index in [1.807, 2.05) is 0 Å². The number of imide groups is 1. The summed E-state index contributed by atoms with van der Waals surface area (Å²) < 4.78 is 20.3. The number of hydrogen-bond donors (Lipinski definition) is 0. The molecule has 0 radical (unpaired) electrons. The van der Waals surface area contributed by atoms with Gasteiger partial charge in [0.05, 0.1) is 13.5 Å². The molecule has 28 heavy (non-hydrogen) atoms. The molecule has 0 aliphatic rings. The first-order valence-corrected chi connectivity index (χ1v) is 8.91. The summed E-state index contributed by atoms with van der Waals surface area (Å²) in [5.41, 5.74) is -2.73. The molecule has 0 unspecified atom stereocenters. The van der Waals surface area contributed by atoms with Crippen molar-refractivity contribution in [3.8, 4) is 0 Å². The van der Waals surface area contributed by atoms with Crippen molar-refractivity contribution in [3.05, 3.63) is 0 Å². The minimum Gasteiger partial charge on any atom is -0.467 e. The molecule has 0 aliphatic heterocycles. The van der Waals surface area contributed by atoms with Crippen LogP contribution in [-0.4, -0.2) is 59.0 Å². The summed E-state index contributed by atoms with van der Waals surface area (Å²) in [5.74, 6) is -1.78. The fourth-order valence-electron chi connectivity index (χ4n) is 1.91. The van der Waals surface area contributed by atoms with Crippen LogP contribution in [0.4, 0.5) is 9.59 Å². The summed E-state index contributed by atoms with van der Waals surface area (Å²) in [5, 5.41) is 0. The first-order valence-electron chi connectivity index (χ1n) is 8.91. The van der Waals surface area contributed by atoms with Crippen molar-refractivity contribution in [1.82, 2.24) is 4.90 Å². The number of amides is 2. The van der Waals surface area contributed by atoms with Gasteiger partial charge in [-0.25, -0.2) is 14.4 Å². The highest BCUT2D eigenvalue weighted by molar-refractivity contribution is 5.95. The van der Waals surface area contributed by atoms with E-state index < -0.39 is 53.4 Å². The molecule has 0 spiro atoms. The second-order valence-corrected chi connectivity index (χ2v) is 9.16. The Labute approximate surface area is 166 Å². The Morgan fingerprint density at radius 1 is 0.714 bits per heavy atom. The Hall–Kier alpha value is -2.32. The van der Waals surface area contributed by atoms with Crippen LogP contribution < -0.4 is 0 Å². The van der Waals surface area contributed by atoms with Crippen molar-refractivity contribution < 1.29 is 38.1 Å². The van der Waals surface area contributed by atoms with Gasteiger partial charge in [0.2, 0.25) is 0 Å². The molecule has 0 bridgehead atoms. The SMILES string of the molecule is COC(=O)[C@H](CC(=O)OC(C)(C)C)N(C(=O)OC(C)(C)C)C(=O)OC(C)(C)C. The number of carbonyl (C=O) groups excluding carboxylic acids is 4. The zero-order valence-electron chi connectivity index (χ0n) is 18.5. The van der Waals surface area contributed by atoms with E-state index >= 15 is 0 Å². The van der Waals surface area contributed by atoms with E-state index in [-0.39, 0.29) is 0 Å². The molecule has 0 N–H and O–H groups in total. The molecule has 0 aliphatic carbocycles. The predicted octanol–water partition coefficient (Wildman–Crippen LogP) is 3.43. The van der Waals surface area contributed by atoms with E-state index in [9.17, 15) is 19.2 Å². The average Bonchev–Trinajstić information content (AvgIpc) is 2.39. The van der Waals surface area contributed by atoms with Crippen LogP contribution in [0, 0.1) is 0 Å². The average molecular weight is 403 g/mol. The second kappa shape index (κ2) is 9.25. The number of carbonyl (C=O) groups is 4. The second-order valence-electron chi connectivity index (χ2n) is 9.16. The van der Waals surface area contributed by atoms with Gasteiger partial charge in [0.25, 0.3) is 0 Å². The third-order valence-electron chi connectivity index (χ3n) is 2.75. The number of methoxy groups -OCH3 is 1. The molecule has 0 saturated heterocycles. The highest BCUT2D eigenvalue weighted by atomic mass is 16.6. The quantitative estimate of drug-likeness (QED) is 0.519. The topological polar surface area (TPSA) is 108 Å². The molecule has 9 nitrogen and oxygen atoms in total.